The first-order valence-corrected chi connectivity index (χ1v) is 9.48. The number of benzene rings is 1. The van der Waals surface area contributed by atoms with Crippen LogP contribution in [0.15, 0.2) is 42.9 Å². The van der Waals surface area contributed by atoms with Gasteiger partial charge < -0.3 is 15.2 Å². The van der Waals surface area contributed by atoms with E-state index in [9.17, 15) is 18.0 Å². The second-order valence-electron chi connectivity index (χ2n) is 7.19. The lowest BCUT2D eigenvalue weighted by Crippen LogP contribution is -2.43. The molecule has 31 heavy (non-hydrogen) atoms. The van der Waals surface area contributed by atoms with E-state index in [4.69, 9.17) is 0 Å². The molecular weight excluding hydrogens is 411 g/mol. The highest BCUT2D eigenvalue weighted by Gasteiger charge is 2.42. The molecule has 0 saturated carbocycles. The summed E-state index contributed by atoms with van der Waals surface area (Å²) in [6, 6.07) is 7.61. The minimum Gasteiger partial charge on any atom is -0.340 e. The van der Waals surface area contributed by atoms with E-state index < -0.39 is 12.1 Å². The van der Waals surface area contributed by atoms with Gasteiger partial charge in [0, 0.05) is 29.9 Å². The molecule has 0 aliphatic carbocycles. The largest absolute Gasteiger partial charge is 0.471 e. The van der Waals surface area contributed by atoms with Crippen LogP contribution in [0.2, 0.25) is 0 Å². The lowest BCUT2D eigenvalue weighted by Gasteiger charge is -2.26. The van der Waals surface area contributed by atoms with Crippen LogP contribution in [0, 0.1) is 0 Å². The Morgan fingerprint density at radius 3 is 2.84 bits per heavy atom. The van der Waals surface area contributed by atoms with Gasteiger partial charge in [-0.25, -0.2) is 9.97 Å². The smallest absolute Gasteiger partial charge is 0.340 e. The van der Waals surface area contributed by atoms with E-state index in [1.54, 1.807) is 12.3 Å². The molecule has 1 aromatic carbocycles. The normalized spacial score (nSPS) is 14.8. The van der Waals surface area contributed by atoms with Gasteiger partial charge in [0.25, 0.3) is 0 Å². The zero-order valence-corrected chi connectivity index (χ0v) is 16.0. The zero-order valence-electron chi connectivity index (χ0n) is 16.0. The molecule has 5 rings (SSSR count). The van der Waals surface area contributed by atoms with Gasteiger partial charge in [0.05, 0.1) is 17.1 Å². The molecular formula is C20H16F3N7O. The summed E-state index contributed by atoms with van der Waals surface area (Å²) in [6.45, 7) is -0.0917. The molecule has 0 saturated heterocycles. The van der Waals surface area contributed by atoms with Crippen LogP contribution in [-0.4, -0.2) is 55.2 Å². The van der Waals surface area contributed by atoms with Crippen LogP contribution in [0.1, 0.15) is 12.1 Å². The van der Waals surface area contributed by atoms with Gasteiger partial charge >= 0.3 is 12.1 Å². The molecule has 0 bridgehead atoms. The maximum atomic E-state index is 12.6. The number of carbonyl (C=O) groups excluding carboxylic acids is 1. The van der Waals surface area contributed by atoms with E-state index in [0.29, 0.717) is 17.9 Å². The molecule has 1 aliphatic rings. The van der Waals surface area contributed by atoms with E-state index >= 15 is 0 Å². The highest BCUT2D eigenvalue weighted by molar-refractivity contribution is 5.93. The third-order valence-electron chi connectivity index (χ3n) is 5.21. The van der Waals surface area contributed by atoms with Crippen molar-refractivity contribution in [3.05, 3.63) is 48.6 Å². The summed E-state index contributed by atoms with van der Waals surface area (Å²) in [5.41, 5.74) is 3.92. The van der Waals surface area contributed by atoms with Crippen molar-refractivity contribution in [2.24, 2.45) is 0 Å². The van der Waals surface area contributed by atoms with Gasteiger partial charge in [-0.2, -0.15) is 18.3 Å². The molecule has 0 spiro atoms. The first-order valence-electron chi connectivity index (χ1n) is 9.48. The van der Waals surface area contributed by atoms with E-state index in [1.165, 1.54) is 6.33 Å². The first-order chi connectivity index (χ1) is 14.9. The van der Waals surface area contributed by atoms with Crippen molar-refractivity contribution in [1.82, 2.24) is 30.0 Å². The van der Waals surface area contributed by atoms with Crippen LogP contribution in [0.25, 0.3) is 27.5 Å². The molecule has 4 heterocycles. The van der Waals surface area contributed by atoms with E-state index in [2.05, 4.69) is 30.5 Å². The number of hydrogen-bond donors (Lipinski definition) is 3. The fourth-order valence-corrected chi connectivity index (χ4v) is 3.65. The van der Waals surface area contributed by atoms with E-state index in [0.717, 1.165) is 38.1 Å². The Morgan fingerprint density at radius 1 is 1.19 bits per heavy atom. The summed E-state index contributed by atoms with van der Waals surface area (Å²) >= 11 is 0. The summed E-state index contributed by atoms with van der Waals surface area (Å²) in [4.78, 5) is 24.0. The number of H-pyrrole nitrogens is 2. The lowest BCUT2D eigenvalue weighted by atomic mass is 10.0. The lowest BCUT2D eigenvalue weighted by molar-refractivity contribution is -0.185. The molecule has 4 aromatic rings. The predicted molar refractivity (Wildman–Crippen MR) is 108 cm³/mol. The van der Waals surface area contributed by atoms with Crippen LogP contribution < -0.4 is 5.32 Å². The molecule has 8 nitrogen and oxygen atoms in total. The van der Waals surface area contributed by atoms with Gasteiger partial charge in [0.2, 0.25) is 0 Å². The number of hydrogen-bond acceptors (Lipinski definition) is 5. The molecule has 11 heteroatoms. The molecule has 0 fully saturated rings. The number of nitrogens with zero attached hydrogens (tertiary/aromatic N) is 4. The highest BCUT2D eigenvalue weighted by Crippen LogP contribution is 2.30. The van der Waals surface area contributed by atoms with Gasteiger partial charge in [0.1, 0.15) is 17.8 Å². The quantitative estimate of drug-likeness (QED) is 0.462. The summed E-state index contributed by atoms with van der Waals surface area (Å²) in [7, 11) is 0. The van der Waals surface area contributed by atoms with Crippen molar-refractivity contribution in [3.63, 3.8) is 0 Å². The molecule has 1 amide bonds. The van der Waals surface area contributed by atoms with Crippen molar-refractivity contribution in [3.8, 4) is 0 Å². The fourth-order valence-electron chi connectivity index (χ4n) is 3.65. The molecule has 3 N–H and O–H groups in total. The van der Waals surface area contributed by atoms with Crippen LogP contribution in [0.4, 0.5) is 24.7 Å². The van der Waals surface area contributed by atoms with Gasteiger partial charge in [-0.05, 0) is 36.3 Å². The van der Waals surface area contributed by atoms with Crippen LogP contribution in [-0.2, 0) is 4.79 Å². The van der Waals surface area contributed by atoms with Crippen molar-refractivity contribution in [2.45, 2.75) is 12.6 Å². The van der Waals surface area contributed by atoms with Gasteiger partial charge in [-0.1, -0.05) is 6.08 Å². The van der Waals surface area contributed by atoms with Crippen LogP contribution in [0.5, 0.6) is 0 Å². The number of amides is 1. The number of nitrogens with one attached hydrogen (secondary N) is 3. The number of carbonyl (C=O) groups is 1. The van der Waals surface area contributed by atoms with E-state index in [1.807, 2.05) is 24.3 Å². The Labute approximate surface area is 173 Å². The Bertz CT molecular complexity index is 1320. The number of halogens is 3. The summed E-state index contributed by atoms with van der Waals surface area (Å²) < 4.78 is 37.9. The minimum absolute atomic E-state index is 0.00103. The van der Waals surface area contributed by atoms with E-state index in [-0.39, 0.29) is 13.1 Å². The average Bonchev–Trinajstić information content (AvgIpc) is 3.40. The zero-order chi connectivity index (χ0) is 21.6. The Balaban J connectivity index is 1.41. The van der Waals surface area contributed by atoms with Crippen LogP contribution >= 0.6 is 0 Å². The molecule has 3 aromatic heterocycles. The molecule has 0 unspecified atom stereocenters. The maximum Gasteiger partial charge on any atom is 0.471 e. The third-order valence-corrected chi connectivity index (χ3v) is 5.21. The summed E-state index contributed by atoms with van der Waals surface area (Å²) in [6.07, 6.45) is 0.239. The van der Waals surface area contributed by atoms with Crippen molar-refractivity contribution in [1.29, 1.82) is 0 Å². The van der Waals surface area contributed by atoms with Crippen LogP contribution in [0.3, 0.4) is 0 Å². The Kier molecular flexibility index (Phi) is 4.38. The van der Waals surface area contributed by atoms with Crippen molar-refractivity contribution >= 4 is 44.9 Å². The second-order valence-corrected chi connectivity index (χ2v) is 7.19. The number of aromatic amines is 2. The number of fused-ring (bicyclic) bond motifs is 2. The molecule has 158 valence electrons. The SMILES string of the molecule is O=C(N1CC=C(c2cc3c(Nc4ccc5[nH]ncc5c4)ncnc3[nH]2)CC1)C(F)(F)F. The van der Waals surface area contributed by atoms with Crippen molar-refractivity contribution < 1.29 is 18.0 Å². The van der Waals surface area contributed by atoms with Gasteiger partial charge in [-0.3, -0.25) is 9.89 Å². The predicted octanol–water partition coefficient (Wildman–Crippen LogP) is 3.76. The fraction of sp³-hybridized carbons (Fsp3) is 0.200. The standard InChI is InChI=1S/C20H16F3N7O/c21-20(22,23)19(31)30-5-3-11(4-6-30)16-8-14-17(24-10-25-18(14)28-16)27-13-1-2-15-12(7-13)9-26-29-15/h1-3,7-10H,4-6H2,(H,26,29)(H2,24,25,27,28). The maximum absolute atomic E-state index is 12.6. The number of alkyl halides is 3. The molecule has 1 aliphatic heterocycles. The Hall–Kier alpha value is -3.89. The van der Waals surface area contributed by atoms with Crippen molar-refractivity contribution in [2.75, 3.05) is 18.4 Å². The monoisotopic (exact) mass is 427 g/mol. The highest BCUT2D eigenvalue weighted by atomic mass is 19.4. The average molecular weight is 427 g/mol. The summed E-state index contributed by atoms with van der Waals surface area (Å²) in [5.74, 6) is -1.22. The minimum atomic E-state index is -4.86. The van der Waals surface area contributed by atoms with Gasteiger partial charge in [0.15, 0.2) is 0 Å². The topological polar surface area (TPSA) is 103 Å². The Morgan fingerprint density at radius 2 is 2.06 bits per heavy atom. The van der Waals surface area contributed by atoms with Gasteiger partial charge in [-0.15, -0.1) is 0 Å². The number of aromatic nitrogens is 5. The number of anilines is 2. The summed E-state index contributed by atoms with van der Waals surface area (Å²) in [5, 5.41) is 11.9. The second kappa shape index (κ2) is 7.11. The number of rotatable bonds is 3. The third kappa shape index (κ3) is 3.58. The molecule has 0 radical (unpaired) electrons. The molecule has 0 atom stereocenters. The first kappa shape index (κ1) is 19.1.